The van der Waals surface area contributed by atoms with E-state index < -0.39 is 11.7 Å². The van der Waals surface area contributed by atoms with Crippen molar-refractivity contribution in [3.63, 3.8) is 0 Å². The molecule has 3 aromatic heterocycles. The summed E-state index contributed by atoms with van der Waals surface area (Å²) in [5, 5.41) is 5.66. The van der Waals surface area contributed by atoms with E-state index in [1.807, 2.05) is 12.1 Å². The van der Waals surface area contributed by atoms with Gasteiger partial charge < -0.3 is 15.4 Å². The third-order valence-electron chi connectivity index (χ3n) is 5.63. The number of anilines is 3. The number of amides is 1. The smallest absolute Gasteiger partial charge is 0.303 e. The lowest BCUT2D eigenvalue weighted by Crippen LogP contribution is -2.60. The number of nitrogens with zero attached hydrogens (tertiary/aromatic N) is 5. The maximum Gasteiger partial charge on any atom is 0.303 e. The summed E-state index contributed by atoms with van der Waals surface area (Å²) in [5.41, 5.74) is 2.68. The molecule has 0 radical (unpaired) electrons. The molecule has 0 aromatic carbocycles. The maximum absolute atomic E-state index is 13.7. The van der Waals surface area contributed by atoms with Crippen LogP contribution >= 0.6 is 0 Å². The fraction of sp³-hybridized carbons (Fsp3) is 0.375. The van der Waals surface area contributed by atoms with Crippen LogP contribution in [0.3, 0.4) is 0 Å². The Bertz CT molecular complexity index is 1210. The number of alkyl halides is 2. The number of likely N-dealkylation sites (tertiary alicyclic amines) is 1. The first-order chi connectivity index (χ1) is 16.5. The Kier molecular flexibility index (Phi) is 6.73. The molecular formula is C24H27F2N7O2. The first kappa shape index (κ1) is 24.6. The van der Waals surface area contributed by atoms with Gasteiger partial charge in [-0.25, -0.2) is 15.0 Å². The van der Waals surface area contributed by atoms with E-state index in [9.17, 15) is 13.6 Å². The first-order valence-electron chi connectivity index (χ1n) is 11.0. The minimum absolute atomic E-state index is 0.0993. The standard InChI is InChI=1S/C24H27F2N7O2/c1-15(34)30-21-9-19(31-20-7-8-27-22(32-20)24(3,25)26)17(11-29-21)18-6-5-16(10-28-18)12-33-13-23(2,14-33)35-4/h5-11H,12-14H2,1-4H3,(H2,27,29,30,31,32,34). The topological polar surface area (TPSA) is 105 Å². The quantitative estimate of drug-likeness (QED) is 0.496. The number of methoxy groups -OCH3 is 1. The van der Waals surface area contributed by atoms with Crippen molar-refractivity contribution in [3.05, 3.63) is 54.2 Å². The van der Waals surface area contributed by atoms with E-state index in [4.69, 9.17) is 4.74 Å². The summed E-state index contributed by atoms with van der Waals surface area (Å²) in [4.78, 5) is 30.2. The summed E-state index contributed by atoms with van der Waals surface area (Å²) in [7, 11) is 1.72. The largest absolute Gasteiger partial charge is 0.376 e. The summed E-state index contributed by atoms with van der Waals surface area (Å²) in [6.07, 6.45) is 4.62. The summed E-state index contributed by atoms with van der Waals surface area (Å²) < 4.78 is 32.9. The molecule has 11 heteroatoms. The predicted octanol–water partition coefficient (Wildman–Crippen LogP) is 3.97. The van der Waals surface area contributed by atoms with Crippen LogP contribution in [0.15, 0.2) is 42.9 Å². The molecule has 0 aliphatic carbocycles. The van der Waals surface area contributed by atoms with Gasteiger partial charge in [0.05, 0.1) is 17.0 Å². The monoisotopic (exact) mass is 483 g/mol. The fourth-order valence-corrected chi connectivity index (χ4v) is 3.87. The number of aromatic nitrogens is 4. The molecule has 0 unspecified atom stereocenters. The normalized spacial score (nSPS) is 15.4. The average Bonchev–Trinajstić information content (AvgIpc) is 2.78. The van der Waals surface area contributed by atoms with Crippen molar-refractivity contribution in [3.8, 4) is 11.3 Å². The molecule has 0 spiro atoms. The zero-order valence-corrected chi connectivity index (χ0v) is 20.0. The first-order valence-corrected chi connectivity index (χ1v) is 11.0. The van der Waals surface area contributed by atoms with Crippen LogP contribution < -0.4 is 10.6 Å². The van der Waals surface area contributed by atoms with Gasteiger partial charge in [-0.15, -0.1) is 0 Å². The summed E-state index contributed by atoms with van der Waals surface area (Å²) in [5.74, 6) is -3.60. The number of pyridine rings is 2. The van der Waals surface area contributed by atoms with Crippen LogP contribution in [0.25, 0.3) is 11.3 Å². The van der Waals surface area contributed by atoms with E-state index in [1.54, 1.807) is 25.6 Å². The van der Waals surface area contributed by atoms with Crippen LogP contribution in [0.5, 0.6) is 0 Å². The molecule has 9 nitrogen and oxygen atoms in total. The number of rotatable bonds is 8. The van der Waals surface area contributed by atoms with Gasteiger partial charge in [0.25, 0.3) is 0 Å². The van der Waals surface area contributed by atoms with E-state index in [1.165, 1.54) is 19.2 Å². The van der Waals surface area contributed by atoms with Crippen molar-refractivity contribution >= 4 is 23.2 Å². The Morgan fingerprint density at radius 3 is 2.57 bits per heavy atom. The van der Waals surface area contributed by atoms with E-state index in [-0.39, 0.29) is 17.3 Å². The highest BCUT2D eigenvalue weighted by Crippen LogP contribution is 2.32. The molecule has 1 amide bonds. The number of halogens is 2. The molecule has 4 rings (SSSR count). The average molecular weight is 484 g/mol. The van der Waals surface area contributed by atoms with Gasteiger partial charge in [0.1, 0.15) is 11.6 Å². The van der Waals surface area contributed by atoms with Crippen LogP contribution in [0, 0.1) is 0 Å². The second-order valence-electron chi connectivity index (χ2n) is 8.93. The van der Waals surface area contributed by atoms with E-state index in [0.717, 1.165) is 32.1 Å². The number of hydrogen-bond donors (Lipinski definition) is 2. The zero-order valence-electron chi connectivity index (χ0n) is 20.0. The van der Waals surface area contributed by atoms with E-state index in [0.29, 0.717) is 22.8 Å². The van der Waals surface area contributed by atoms with Gasteiger partial charge in [-0.05, 0) is 24.6 Å². The zero-order chi connectivity index (χ0) is 25.2. The Balaban J connectivity index is 1.59. The lowest BCUT2D eigenvalue weighted by molar-refractivity contribution is -0.114. The minimum Gasteiger partial charge on any atom is -0.376 e. The highest BCUT2D eigenvalue weighted by atomic mass is 19.3. The van der Waals surface area contributed by atoms with Gasteiger partial charge in [-0.1, -0.05) is 6.07 Å². The molecule has 35 heavy (non-hydrogen) atoms. The molecule has 0 atom stereocenters. The molecule has 1 fully saturated rings. The van der Waals surface area contributed by atoms with E-state index in [2.05, 4.69) is 42.4 Å². The molecule has 2 N–H and O–H groups in total. The lowest BCUT2D eigenvalue weighted by Gasteiger charge is -2.46. The lowest BCUT2D eigenvalue weighted by atomic mass is 9.96. The van der Waals surface area contributed by atoms with Gasteiger partial charge in [-0.3, -0.25) is 14.7 Å². The van der Waals surface area contributed by atoms with Gasteiger partial charge in [-0.2, -0.15) is 8.78 Å². The fourth-order valence-electron chi connectivity index (χ4n) is 3.87. The van der Waals surface area contributed by atoms with Crippen LogP contribution in [-0.4, -0.2) is 56.5 Å². The molecule has 1 saturated heterocycles. The molecule has 184 valence electrons. The van der Waals surface area contributed by atoms with Crippen molar-refractivity contribution in [2.24, 2.45) is 0 Å². The van der Waals surface area contributed by atoms with Crippen molar-refractivity contribution in [2.75, 3.05) is 30.8 Å². The minimum atomic E-state index is -3.19. The van der Waals surface area contributed by atoms with Crippen molar-refractivity contribution in [1.29, 1.82) is 0 Å². The number of carbonyl (C=O) groups excluding carboxylic acids is 1. The molecular weight excluding hydrogens is 456 g/mol. The SMILES string of the molecule is COC1(C)CN(Cc2ccc(-c3cnc(NC(C)=O)cc3Nc3ccnc(C(C)(F)F)n3)nc2)C1. The Morgan fingerprint density at radius 1 is 1.17 bits per heavy atom. The van der Waals surface area contributed by atoms with Crippen molar-refractivity contribution in [1.82, 2.24) is 24.8 Å². The van der Waals surface area contributed by atoms with E-state index >= 15 is 0 Å². The maximum atomic E-state index is 13.7. The van der Waals surface area contributed by atoms with Crippen LogP contribution in [-0.2, 0) is 22.0 Å². The Hall–Kier alpha value is -3.57. The van der Waals surface area contributed by atoms with Gasteiger partial charge in [0, 0.05) is 70.8 Å². The Morgan fingerprint density at radius 2 is 1.94 bits per heavy atom. The van der Waals surface area contributed by atoms with Gasteiger partial charge >= 0.3 is 5.92 Å². The molecule has 3 aromatic rings. The molecule has 1 aliphatic rings. The van der Waals surface area contributed by atoms with Gasteiger partial charge in [0.2, 0.25) is 11.7 Å². The highest BCUT2D eigenvalue weighted by molar-refractivity contribution is 5.89. The Labute approximate surface area is 202 Å². The number of carbonyl (C=O) groups is 1. The van der Waals surface area contributed by atoms with Crippen LogP contribution in [0.1, 0.15) is 32.2 Å². The van der Waals surface area contributed by atoms with Crippen molar-refractivity contribution < 1.29 is 18.3 Å². The molecule has 0 bridgehead atoms. The molecule has 4 heterocycles. The second kappa shape index (κ2) is 9.59. The molecule has 0 saturated carbocycles. The number of hydrogen-bond acceptors (Lipinski definition) is 8. The van der Waals surface area contributed by atoms with Crippen LogP contribution in [0.4, 0.5) is 26.1 Å². The van der Waals surface area contributed by atoms with Crippen molar-refractivity contribution in [2.45, 2.75) is 38.8 Å². The van der Waals surface area contributed by atoms with Crippen LogP contribution in [0.2, 0.25) is 0 Å². The predicted molar refractivity (Wildman–Crippen MR) is 127 cm³/mol. The third kappa shape index (κ3) is 5.92. The second-order valence-corrected chi connectivity index (χ2v) is 8.93. The third-order valence-corrected chi connectivity index (χ3v) is 5.63. The number of nitrogens with one attached hydrogen (secondary N) is 2. The summed E-state index contributed by atoms with van der Waals surface area (Å²) >= 11 is 0. The molecule has 1 aliphatic heterocycles. The summed E-state index contributed by atoms with van der Waals surface area (Å²) in [6.45, 7) is 6.65. The highest BCUT2D eigenvalue weighted by Gasteiger charge is 2.38. The number of ether oxygens (including phenoxy) is 1. The van der Waals surface area contributed by atoms with Gasteiger partial charge in [0.15, 0.2) is 0 Å². The summed E-state index contributed by atoms with van der Waals surface area (Å²) in [6, 6.07) is 6.94.